The molecule has 50 heavy (non-hydrogen) atoms. The highest BCUT2D eigenvalue weighted by atomic mass is 14.2. The van der Waals surface area contributed by atoms with Gasteiger partial charge in [0.05, 0.1) is 0 Å². The largest absolute Gasteiger partial charge is 0.0616 e. The molecule has 0 aliphatic heterocycles. The molecule has 0 fully saturated rings. The first kappa shape index (κ1) is 28.5. The lowest BCUT2D eigenvalue weighted by molar-refractivity contribution is 1.62. The predicted molar refractivity (Wildman–Crippen MR) is 216 cm³/mol. The zero-order valence-corrected chi connectivity index (χ0v) is 27.5. The Kier molecular flexibility index (Phi) is 6.60. The van der Waals surface area contributed by atoms with Crippen LogP contribution in [0.3, 0.4) is 0 Å². The van der Waals surface area contributed by atoms with Crippen LogP contribution in [0.15, 0.2) is 194 Å². The molecule has 0 spiro atoms. The van der Waals surface area contributed by atoms with E-state index in [0.717, 1.165) is 0 Å². The van der Waals surface area contributed by atoms with Crippen LogP contribution in [0.1, 0.15) is 0 Å². The van der Waals surface area contributed by atoms with Gasteiger partial charge in [-0.2, -0.15) is 0 Å². The molecule has 0 atom stereocenters. The Morgan fingerprint density at radius 3 is 1.32 bits per heavy atom. The first-order valence-corrected chi connectivity index (χ1v) is 17.4. The lowest BCUT2D eigenvalue weighted by Gasteiger charge is -2.22. The Balaban J connectivity index is 1.37. The first-order chi connectivity index (χ1) is 24.8. The van der Waals surface area contributed by atoms with E-state index >= 15 is 0 Å². The van der Waals surface area contributed by atoms with E-state index in [0.29, 0.717) is 0 Å². The molecule has 0 radical (unpaired) electrons. The van der Waals surface area contributed by atoms with Crippen molar-refractivity contribution < 1.29 is 0 Å². The topological polar surface area (TPSA) is 0 Å². The van der Waals surface area contributed by atoms with Crippen LogP contribution < -0.4 is 0 Å². The summed E-state index contributed by atoms with van der Waals surface area (Å²) in [6, 6.07) is 71.5. The van der Waals surface area contributed by atoms with E-state index in [1.54, 1.807) is 0 Å². The second-order valence-corrected chi connectivity index (χ2v) is 13.2. The van der Waals surface area contributed by atoms with Crippen molar-refractivity contribution in [1.82, 2.24) is 0 Å². The summed E-state index contributed by atoms with van der Waals surface area (Å²) >= 11 is 0. The van der Waals surface area contributed by atoms with Crippen LogP contribution in [0.25, 0.3) is 98.4 Å². The minimum atomic E-state index is 1.23. The highest BCUT2D eigenvalue weighted by molar-refractivity contribution is 6.25. The fourth-order valence-electron chi connectivity index (χ4n) is 8.17. The Labute approximate surface area is 291 Å². The molecule has 0 saturated carbocycles. The van der Waals surface area contributed by atoms with E-state index in [2.05, 4.69) is 194 Å². The van der Waals surface area contributed by atoms with E-state index < -0.39 is 0 Å². The average Bonchev–Trinajstić information content (AvgIpc) is 3.19. The van der Waals surface area contributed by atoms with Gasteiger partial charge in [-0.25, -0.2) is 0 Å². The van der Waals surface area contributed by atoms with Crippen LogP contribution in [-0.2, 0) is 0 Å². The quantitative estimate of drug-likeness (QED) is 0.169. The Morgan fingerprint density at radius 1 is 0.220 bits per heavy atom. The summed E-state index contributed by atoms with van der Waals surface area (Å²) in [5.74, 6) is 0. The Hall–Kier alpha value is -6.50. The summed E-state index contributed by atoms with van der Waals surface area (Å²) in [6.45, 7) is 0. The highest BCUT2D eigenvalue weighted by Crippen LogP contribution is 2.49. The van der Waals surface area contributed by atoms with E-state index in [9.17, 15) is 0 Å². The molecule has 0 N–H and O–H groups in total. The maximum absolute atomic E-state index is 2.37. The Morgan fingerprint density at radius 2 is 0.640 bits per heavy atom. The number of rotatable bonds is 4. The maximum Gasteiger partial charge on any atom is -0.00139 e. The van der Waals surface area contributed by atoms with Gasteiger partial charge in [0, 0.05) is 0 Å². The van der Waals surface area contributed by atoms with E-state index in [4.69, 9.17) is 0 Å². The molecule has 10 aromatic carbocycles. The van der Waals surface area contributed by atoms with Crippen molar-refractivity contribution in [3.05, 3.63) is 194 Å². The number of hydrogen-bond donors (Lipinski definition) is 0. The molecule has 0 heterocycles. The van der Waals surface area contributed by atoms with Crippen LogP contribution in [0.5, 0.6) is 0 Å². The SMILES string of the molecule is c1ccc(-c2cccc3c(-c4ccc5ccccc5c4)c4ccccc4c(-c4ccc5ccccc5c4)c23)c(-c2cccc3ccccc23)c1. The summed E-state index contributed by atoms with van der Waals surface area (Å²) in [7, 11) is 0. The fraction of sp³-hybridized carbons (Fsp3) is 0. The van der Waals surface area contributed by atoms with Crippen LogP contribution in [-0.4, -0.2) is 0 Å². The summed E-state index contributed by atoms with van der Waals surface area (Å²) in [6.07, 6.45) is 0. The van der Waals surface area contributed by atoms with Gasteiger partial charge in [-0.15, -0.1) is 0 Å². The molecule has 0 saturated heterocycles. The zero-order chi connectivity index (χ0) is 33.0. The van der Waals surface area contributed by atoms with Gasteiger partial charge >= 0.3 is 0 Å². The summed E-state index contributed by atoms with van der Waals surface area (Å²) in [5, 5.41) is 12.6. The molecule has 0 nitrogen and oxygen atoms in total. The van der Waals surface area contributed by atoms with Gasteiger partial charge < -0.3 is 0 Å². The van der Waals surface area contributed by atoms with Crippen LogP contribution in [0, 0.1) is 0 Å². The van der Waals surface area contributed by atoms with E-state index in [1.165, 1.54) is 98.4 Å². The van der Waals surface area contributed by atoms with Gasteiger partial charge in [0.2, 0.25) is 0 Å². The number of benzene rings is 10. The second kappa shape index (κ2) is 11.6. The van der Waals surface area contributed by atoms with Gasteiger partial charge in [-0.3, -0.25) is 0 Å². The third kappa shape index (κ3) is 4.54. The molecule has 10 rings (SSSR count). The van der Waals surface area contributed by atoms with Crippen LogP contribution in [0.4, 0.5) is 0 Å². The molecular weight excluding hydrogens is 601 g/mol. The molecule has 0 unspecified atom stereocenters. The normalized spacial score (nSPS) is 11.6. The minimum absolute atomic E-state index is 1.23. The molecular formula is C50H32. The summed E-state index contributed by atoms with van der Waals surface area (Å²) in [4.78, 5) is 0. The van der Waals surface area contributed by atoms with Gasteiger partial charge in [0.25, 0.3) is 0 Å². The molecule has 0 aliphatic rings. The minimum Gasteiger partial charge on any atom is -0.0616 e. The molecule has 0 amide bonds. The van der Waals surface area contributed by atoms with Crippen molar-refractivity contribution >= 4 is 53.9 Å². The third-order valence-electron chi connectivity index (χ3n) is 10.4. The molecule has 10 aromatic rings. The van der Waals surface area contributed by atoms with Crippen molar-refractivity contribution in [2.45, 2.75) is 0 Å². The van der Waals surface area contributed by atoms with Crippen molar-refractivity contribution in [2.75, 3.05) is 0 Å². The average molecular weight is 633 g/mol. The van der Waals surface area contributed by atoms with Crippen LogP contribution >= 0.6 is 0 Å². The van der Waals surface area contributed by atoms with Gasteiger partial charge in [-0.05, 0) is 111 Å². The lowest BCUT2D eigenvalue weighted by Crippen LogP contribution is -1.94. The smallest absolute Gasteiger partial charge is 0.00139 e. The number of fused-ring (bicyclic) bond motifs is 5. The Bertz CT molecular complexity index is 2920. The van der Waals surface area contributed by atoms with E-state index in [1.807, 2.05) is 0 Å². The molecule has 0 heteroatoms. The monoisotopic (exact) mass is 632 g/mol. The standard InChI is InChI=1S/C50H32/c1-3-16-36-31-38(29-27-33(36)13-1)48-45-22-9-10-23-46(45)49(39-30-28-34-14-2-4-17-37(34)32-39)50-44(25-12-26-47(48)50)43-21-8-7-20-42(43)41-24-11-18-35-15-5-6-19-40(35)41/h1-32H. The van der Waals surface area contributed by atoms with Crippen molar-refractivity contribution in [3.8, 4) is 44.5 Å². The second-order valence-electron chi connectivity index (χ2n) is 13.2. The molecule has 232 valence electrons. The lowest BCUT2D eigenvalue weighted by atomic mass is 9.81. The fourth-order valence-corrected chi connectivity index (χ4v) is 8.17. The van der Waals surface area contributed by atoms with Crippen LogP contribution in [0.2, 0.25) is 0 Å². The molecule has 0 bridgehead atoms. The number of hydrogen-bond acceptors (Lipinski definition) is 0. The maximum atomic E-state index is 2.37. The van der Waals surface area contributed by atoms with Gasteiger partial charge in [0.15, 0.2) is 0 Å². The highest BCUT2D eigenvalue weighted by Gasteiger charge is 2.21. The van der Waals surface area contributed by atoms with Gasteiger partial charge in [0.1, 0.15) is 0 Å². The van der Waals surface area contributed by atoms with Gasteiger partial charge in [-0.1, -0.05) is 182 Å². The summed E-state index contributed by atoms with van der Waals surface area (Å²) < 4.78 is 0. The molecule has 0 aromatic heterocycles. The molecule has 0 aliphatic carbocycles. The first-order valence-electron chi connectivity index (χ1n) is 17.4. The zero-order valence-electron chi connectivity index (χ0n) is 27.5. The van der Waals surface area contributed by atoms with Crippen molar-refractivity contribution in [1.29, 1.82) is 0 Å². The van der Waals surface area contributed by atoms with E-state index in [-0.39, 0.29) is 0 Å². The predicted octanol–water partition coefficient (Wildman–Crippen LogP) is 14.1. The third-order valence-corrected chi connectivity index (χ3v) is 10.4. The van der Waals surface area contributed by atoms with Crippen molar-refractivity contribution in [2.24, 2.45) is 0 Å². The van der Waals surface area contributed by atoms with Crippen molar-refractivity contribution in [3.63, 3.8) is 0 Å². The summed E-state index contributed by atoms with van der Waals surface area (Å²) in [5.41, 5.74) is 9.96.